The van der Waals surface area contributed by atoms with E-state index in [0.29, 0.717) is 18.7 Å². The summed E-state index contributed by atoms with van der Waals surface area (Å²) in [6.45, 7) is 2.79. The van der Waals surface area contributed by atoms with Crippen molar-refractivity contribution in [2.24, 2.45) is 0 Å². The third-order valence-electron chi connectivity index (χ3n) is 4.91. The van der Waals surface area contributed by atoms with E-state index in [1.807, 2.05) is 0 Å². The highest BCUT2D eigenvalue weighted by Crippen LogP contribution is 2.26. The summed E-state index contributed by atoms with van der Waals surface area (Å²) in [6.07, 6.45) is 1.82. The molecular weight excluding hydrogens is 430 g/mol. The minimum absolute atomic E-state index is 0.0379. The van der Waals surface area contributed by atoms with Gasteiger partial charge >= 0.3 is 11.8 Å². The second-order valence-electron chi connectivity index (χ2n) is 7.13. The minimum Gasteiger partial charge on any atom is -0.334 e. The van der Waals surface area contributed by atoms with E-state index in [1.165, 1.54) is 12.1 Å². The van der Waals surface area contributed by atoms with Crippen LogP contribution in [0.2, 0.25) is 0 Å². The van der Waals surface area contributed by atoms with Crippen LogP contribution in [0.25, 0.3) is 11.4 Å². The standard InChI is InChI=1S/C20H18F2N4O4S/c1-12-4-5-13(18-23-19(30-24-18)20(27)26-8-2-3-9-26)10-17(12)31(28,29)25-16-11-14(21)6-7-15(16)22/h4-7,10-11,25H,2-3,8-9H2,1H3. The molecule has 0 aliphatic carbocycles. The fourth-order valence-electron chi connectivity index (χ4n) is 3.29. The van der Waals surface area contributed by atoms with Gasteiger partial charge in [0, 0.05) is 24.7 Å². The van der Waals surface area contributed by atoms with E-state index in [2.05, 4.69) is 14.9 Å². The lowest BCUT2D eigenvalue weighted by Crippen LogP contribution is -2.27. The number of nitrogens with zero attached hydrogens (tertiary/aromatic N) is 3. The Morgan fingerprint density at radius 1 is 1.13 bits per heavy atom. The lowest BCUT2D eigenvalue weighted by atomic mass is 10.1. The SMILES string of the molecule is Cc1ccc(-c2noc(C(=O)N3CCCC3)n2)cc1S(=O)(=O)Nc1cc(F)ccc1F. The molecule has 0 atom stereocenters. The summed E-state index contributed by atoms with van der Waals surface area (Å²) in [6, 6.07) is 6.84. The van der Waals surface area contributed by atoms with Gasteiger partial charge in [0.05, 0.1) is 10.6 Å². The van der Waals surface area contributed by atoms with Gasteiger partial charge < -0.3 is 9.42 Å². The van der Waals surface area contributed by atoms with Gasteiger partial charge in [-0.25, -0.2) is 17.2 Å². The molecule has 1 aromatic heterocycles. The molecule has 1 N–H and O–H groups in total. The van der Waals surface area contributed by atoms with Crippen LogP contribution in [0.4, 0.5) is 14.5 Å². The Hall–Kier alpha value is -3.34. The molecule has 3 aromatic rings. The first-order valence-electron chi connectivity index (χ1n) is 9.46. The Balaban J connectivity index is 1.64. The molecule has 1 aliphatic heterocycles. The van der Waals surface area contributed by atoms with Crippen molar-refractivity contribution < 1.29 is 26.5 Å². The fourth-order valence-corrected chi connectivity index (χ4v) is 4.62. The van der Waals surface area contributed by atoms with Crippen molar-refractivity contribution in [3.05, 3.63) is 59.5 Å². The zero-order chi connectivity index (χ0) is 22.2. The van der Waals surface area contributed by atoms with E-state index < -0.39 is 27.3 Å². The van der Waals surface area contributed by atoms with Gasteiger partial charge in [-0.05, 0) is 43.5 Å². The Bertz CT molecular complexity index is 1250. The number of hydrogen-bond donors (Lipinski definition) is 1. The first kappa shape index (κ1) is 20.9. The molecule has 31 heavy (non-hydrogen) atoms. The number of sulfonamides is 1. The number of aromatic nitrogens is 2. The molecule has 4 rings (SSSR count). The average molecular weight is 448 g/mol. The number of aryl methyl sites for hydroxylation is 1. The molecule has 162 valence electrons. The number of carbonyl (C=O) groups excluding carboxylic acids is 1. The molecule has 1 saturated heterocycles. The summed E-state index contributed by atoms with van der Waals surface area (Å²) >= 11 is 0. The van der Waals surface area contributed by atoms with Gasteiger partial charge in [-0.1, -0.05) is 17.3 Å². The molecule has 1 fully saturated rings. The van der Waals surface area contributed by atoms with E-state index in [4.69, 9.17) is 4.52 Å². The summed E-state index contributed by atoms with van der Waals surface area (Å²) in [5.74, 6) is -2.22. The Morgan fingerprint density at radius 3 is 2.61 bits per heavy atom. The molecule has 1 amide bonds. The molecule has 1 aliphatic rings. The van der Waals surface area contributed by atoms with Gasteiger partial charge in [-0.2, -0.15) is 4.98 Å². The average Bonchev–Trinajstić information content (AvgIpc) is 3.42. The van der Waals surface area contributed by atoms with E-state index in [1.54, 1.807) is 17.9 Å². The predicted octanol–water partition coefficient (Wildman–Crippen LogP) is 3.36. The molecule has 0 saturated carbocycles. The van der Waals surface area contributed by atoms with Crippen molar-refractivity contribution in [1.82, 2.24) is 15.0 Å². The maximum atomic E-state index is 13.9. The molecule has 8 nitrogen and oxygen atoms in total. The number of anilines is 1. The number of likely N-dealkylation sites (tertiary alicyclic amines) is 1. The maximum absolute atomic E-state index is 13.9. The van der Waals surface area contributed by atoms with Crippen LogP contribution in [0, 0.1) is 18.6 Å². The van der Waals surface area contributed by atoms with Crippen LogP contribution in [0.5, 0.6) is 0 Å². The number of carbonyl (C=O) groups is 1. The van der Waals surface area contributed by atoms with Crippen molar-refractivity contribution >= 4 is 21.6 Å². The van der Waals surface area contributed by atoms with Crippen LogP contribution in [0.15, 0.2) is 45.8 Å². The highest BCUT2D eigenvalue weighted by Gasteiger charge is 2.26. The van der Waals surface area contributed by atoms with Crippen molar-refractivity contribution in [3.8, 4) is 11.4 Å². The second kappa shape index (κ2) is 8.06. The second-order valence-corrected chi connectivity index (χ2v) is 8.78. The van der Waals surface area contributed by atoms with Crippen molar-refractivity contribution in [2.45, 2.75) is 24.7 Å². The van der Waals surface area contributed by atoms with Gasteiger partial charge in [-0.15, -0.1) is 0 Å². The number of nitrogens with one attached hydrogen (secondary N) is 1. The summed E-state index contributed by atoms with van der Waals surface area (Å²) in [5.41, 5.74) is 0.141. The molecule has 0 radical (unpaired) electrons. The van der Waals surface area contributed by atoms with Crippen molar-refractivity contribution in [3.63, 3.8) is 0 Å². The van der Waals surface area contributed by atoms with E-state index in [0.717, 1.165) is 31.0 Å². The van der Waals surface area contributed by atoms with E-state index in [9.17, 15) is 22.0 Å². The summed E-state index contributed by atoms with van der Waals surface area (Å²) in [7, 11) is -4.25. The lowest BCUT2D eigenvalue weighted by Gasteiger charge is -2.12. The number of hydrogen-bond acceptors (Lipinski definition) is 6. The first-order valence-corrected chi connectivity index (χ1v) is 10.9. The van der Waals surface area contributed by atoms with Gasteiger partial charge in [0.25, 0.3) is 10.0 Å². The normalized spacial score (nSPS) is 14.1. The smallest absolute Gasteiger partial charge is 0.316 e. The Labute approximate surface area is 176 Å². The number of benzene rings is 2. The molecule has 11 heteroatoms. The molecule has 0 bridgehead atoms. The molecular formula is C20H18F2N4O4S. The highest BCUT2D eigenvalue weighted by atomic mass is 32.2. The fraction of sp³-hybridized carbons (Fsp3) is 0.250. The molecule has 2 heterocycles. The van der Waals surface area contributed by atoms with Crippen LogP contribution in [-0.4, -0.2) is 42.5 Å². The van der Waals surface area contributed by atoms with Gasteiger partial charge in [-0.3, -0.25) is 9.52 Å². The van der Waals surface area contributed by atoms with Crippen LogP contribution in [0.1, 0.15) is 29.1 Å². The first-order chi connectivity index (χ1) is 14.7. The summed E-state index contributed by atoms with van der Waals surface area (Å²) < 4.78 is 60.1. The van der Waals surface area contributed by atoms with Gasteiger partial charge in [0.15, 0.2) is 0 Å². The number of halogens is 2. The van der Waals surface area contributed by atoms with Crippen LogP contribution < -0.4 is 4.72 Å². The molecule has 0 spiro atoms. The van der Waals surface area contributed by atoms with Crippen LogP contribution >= 0.6 is 0 Å². The molecule has 0 unspecified atom stereocenters. The van der Waals surface area contributed by atoms with Crippen LogP contribution in [-0.2, 0) is 10.0 Å². The maximum Gasteiger partial charge on any atom is 0.316 e. The highest BCUT2D eigenvalue weighted by molar-refractivity contribution is 7.92. The number of amides is 1. The minimum atomic E-state index is -4.25. The van der Waals surface area contributed by atoms with Crippen molar-refractivity contribution in [1.29, 1.82) is 0 Å². The summed E-state index contributed by atoms with van der Waals surface area (Å²) in [5, 5.41) is 3.78. The largest absolute Gasteiger partial charge is 0.334 e. The zero-order valence-electron chi connectivity index (χ0n) is 16.4. The third-order valence-corrected chi connectivity index (χ3v) is 6.42. The lowest BCUT2D eigenvalue weighted by molar-refractivity contribution is 0.0743. The quantitative estimate of drug-likeness (QED) is 0.642. The zero-order valence-corrected chi connectivity index (χ0v) is 17.2. The third kappa shape index (κ3) is 4.26. The van der Waals surface area contributed by atoms with E-state index in [-0.39, 0.29) is 28.1 Å². The summed E-state index contributed by atoms with van der Waals surface area (Å²) in [4.78, 5) is 17.9. The van der Waals surface area contributed by atoms with Crippen LogP contribution in [0.3, 0.4) is 0 Å². The monoisotopic (exact) mass is 448 g/mol. The van der Waals surface area contributed by atoms with Gasteiger partial charge in [0.2, 0.25) is 5.82 Å². The Morgan fingerprint density at radius 2 is 1.87 bits per heavy atom. The van der Waals surface area contributed by atoms with E-state index >= 15 is 0 Å². The Kier molecular flexibility index (Phi) is 5.44. The topological polar surface area (TPSA) is 105 Å². The van der Waals surface area contributed by atoms with Gasteiger partial charge in [0.1, 0.15) is 11.6 Å². The number of rotatable bonds is 5. The predicted molar refractivity (Wildman–Crippen MR) is 107 cm³/mol. The molecule has 2 aromatic carbocycles. The van der Waals surface area contributed by atoms with Crippen molar-refractivity contribution in [2.75, 3.05) is 17.8 Å².